The molecule has 0 saturated heterocycles. The predicted molar refractivity (Wildman–Crippen MR) is 46.5 cm³/mol. The lowest BCUT2D eigenvalue weighted by atomic mass is 10.4. The van der Waals surface area contributed by atoms with Crippen LogP contribution in [0.25, 0.3) is 5.65 Å². The molecule has 2 heterocycles. The number of nitrogens with zero attached hydrogens (tertiary/aromatic N) is 3. The normalized spacial score (nSPS) is 11.9. The third kappa shape index (κ3) is 1.69. The van der Waals surface area contributed by atoms with E-state index in [1.807, 2.05) is 0 Å². The number of carbonyl (C=O) groups excluding carboxylic acids is 1. The van der Waals surface area contributed by atoms with Crippen molar-refractivity contribution < 1.29 is 18.0 Å². The first kappa shape index (κ1) is 10.4. The highest BCUT2D eigenvalue weighted by molar-refractivity contribution is 5.91. The summed E-state index contributed by atoms with van der Waals surface area (Å²) in [4.78, 5) is 17.6. The van der Waals surface area contributed by atoms with Crippen LogP contribution in [0.3, 0.4) is 0 Å². The number of imidazole rings is 1. The molecule has 2 N–H and O–H groups in total. The first-order valence-electron chi connectivity index (χ1n) is 4.09. The molecule has 0 fully saturated rings. The van der Waals surface area contributed by atoms with Gasteiger partial charge < -0.3 is 10.1 Å². The van der Waals surface area contributed by atoms with Crippen molar-refractivity contribution in [2.24, 2.45) is 5.73 Å². The van der Waals surface area contributed by atoms with E-state index in [4.69, 9.17) is 5.73 Å². The summed E-state index contributed by atoms with van der Waals surface area (Å²) in [5, 5.41) is 0. The Bertz CT molecular complexity index is 560. The highest BCUT2D eigenvalue weighted by atomic mass is 19.4. The maximum absolute atomic E-state index is 12.3. The number of fused-ring (bicyclic) bond motifs is 1. The Kier molecular flexibility index (Phi) is 2.07. The van der Waals surface area contributed by atoms with Crippen LogP contribution in [0.1, 0.15) is 16.2 Å². The van der Waals surface area contributed by atoms with Crippen molar-refractivity contribution in [2.75, 3.05) is 0 Å². The Balaban J connectivity index is 2.58. The SMILES string of the molecule is NC(=O)c1cn2cc(C(F)(F)F)ncc2n1. The van der Waals surface area contributed by atoms with E-state index in [1.54, 1.807) is 0 Å². The molecule has 84 valence electrons. The number of nitrogens with two attached hydrogens (primary N) is 1. The molecular weight excluding hydrogens is 225 g/mol. The quantitative estimate of drug-likeness (QED) is 0.789. The summed E-state index contributed by atoms with van der Waals surface area (Å²) in [5.74, 6) is -0.808. The van der Waals surface area contributed by atoms with Gasteiger partial charge in [-0.05, 0) is 0 Å². The van der Waals surface area contributed by atoms with E-state index in [9.17, 15) is 18.0 Å². The molecule has 0 bridgehead atoms. The van der Waals surface area contributed by atoms with Crippen molar-refractivity contribution in [3.8, 4) is 0 Å². The van der Waals surface area contributed by atoms with Crippen molar-refractivity contribution in [2.45, 2.75) is 6.18 Å². The van der Waals surface area contributed by atoms with Gasteiger partial charge in [0.1, 0.15) is 5.69 Å². The molecule has 0 aliphatic rings. The van der Waals surface area contributed by atoms with Gasteiger partial charge in [-0.2, -0.15) is 13.2 Å². The molecule has 0 spiro atoms. The summed E-state index contributed by atoms with van der Waals surface area (Å²) >= 11 is 0. The summed E-state index contributed by atoms with van der Waals surface area (Å²) in [6.45, 7) is 0. The van der Waals surface area contributed by atoms with Crippen molar-refractivity contribution in [1.82, 2.24) is 14.4 Å². The van der Waals surface area contributed by atoms with Gasteiger partial charge in [0.05, 0.1) is 6.20 Å². The average Bonchev–Trinajstić information content (AvgIpc) is 2.58. The van der Waals surface area contributed by atoms with Gasteiger partial charge in [-0.25, -0.2) is 9.97 Å². The smallest absolute Gasteiger partial charge is 0.364 e. The van der Waals surface area contributed by atoms with Crippen LogP contribution in [0, 0.1) is 0 Å². The predicted octanol–water partition coefficient (Wildman–Crippen LogP) is 0.847. The van der Waals surface area contributed by atoms with Crippen LogP contribution in [0.15, 0.2) is 18.6 Å². The van der Waals surface area contributed by atoms with Crippen LogP contribution in [0.5, 0.6) is 0 Å². The van der Waals surface area contributed by atoms with E-state index in [0.29, 0.717) is 0 Å². The second-order valence-electron chi connectivity index (χ2n) is 3.03. The second-order valence-corrected chi connectivity index (χ2v) is 3.03. The second kappa shape index (κ2) is 3.19. The fourth-order valence-electron chi connectivity index (χ4n) is 1.16. The highest BCUT2D eigenvalue weighted by Crippen LogP contribution is 2.27. The van der Waals surface area contributed by atoms with Crippen molar-refractivity contribution >= 4 is 11.6 Å². The molecule has 0 radical (unpaired) electrons. The molecule has 5 nitrogen and oxygen atoms in total. The van der Waals surface area contributed by atoms with Gasteiger partial charge in [-0.1, -0.05) is 0 Å². The molecule has 8 heteroatoms. The van der Waals surface area contributed by atoms with Crippen LogP contribution in [0.2, 0.25) is 0 Å². The number of primary amides is 1. The Morgan fingerprint density at radius 1 is 1.38 bits per heavy atom. The summed E-state index contributed by atoms with van der Waals surface area (Å²) in [5.41, 5.74) is 3.90. The van der Waals surface area contributed by atoms with Crippen molar-refractivity contribution in [3.05, 3.63) is 30.0 Å². The van der Waals surface area contributed by atoms with Gasteiger partial charge in [-0.3, -0.25) is 4.79 Å². The number of rotatable bonds is 1. The van der Waals surface area contributed by atoms with E-state index >= 15 is 0 Å². The molecule has 0 unspecified atom stereocenters. The zero-order chi connectivity index (χ0) is 11.9. The topological polar surface area (TPSA) is 73.3 Å². The third-order valence-corrected chi connectivity index (χ3v) is 1.88. The van der Waals surface area contributed by atoms with Crippen LogP contribution < -0.4 is 5.73 Å². The Hall–Kier alpha value is -2.12. The van der Waals surface area contributed by atoms with E-state index in [0.717, 1.165) is 23.0 Å². The minimum Gasteiger partial charge on any atom is -0.364 e. The van der Waals surface area contributed by atoms with Gasteiger partial charge >= 0.3 is 6.18 Å². The standard InChI is InChI=1S/C8H5F3N4O/c9-8(10,11)5-3-15-2-4(7(12)16)14-6(15)1-13-5/h1-3H,(H2,12,16). The van der Waals surface area contributed by atoms with E-state index < -0.39 is 17.8 Å². The minimum absolute atomic E-state index is 0.110. The summed E-state index contributed by atoms with van der Waals surface area (Å²) in [6.07, 6.45) is -1.75. The zero-order valence-corrected chi connectivity index (χ0v) is 7.69. The Labute approximate surface area is 86.7 Å². The lowest BCUT2D eigenvalue weighted by molar-refractivity contribution is -0.141. The average molecular weight is 230 g/mol. The minimum atomic E-state index is -4.54. The Morgan fingerprint density at radius 2 is 2.06 bits per heavy atom. The maximum Gasteiger partial charge on any atom is 0.434 e. The molecular formula is C8H5F3N4O. The fourth-order valence-corrected chi connectivity index (χ4v) is 1.16. The van der Waals surface area contributed by atoms with E-state index in [1.165, 1.54) is 0 Å². The fraction of sp³-hybridized carbons (Fsp3) is 0.125. The first-order chi connectivity index (χ1) is 7.38. The van der Waals surface area contributed by atoms with E-state index in [-0.39, 0.29) is 11.3 Å². The number of halogens is 3. The third-order valence-electron chi connectivity index (χ3n) is 1.88. The van der Waals surface area contributed by atoms with Gasteiger partial charge in [-0.15, -0.1) is 0 Å². The lowest BCUT2D eigenvalue weighted by Gasteiger charge is -2.04. The molecule has 2 rings (SSSR count). The lowest BCUT2D eigenvalue weighted by Crippen LogP contribution is -2.10. The summed E-state index contributed by atoms with van der Waals surface area (Å²) in [7, 11) is 0. The number of alkyl halides is 3. The molecule has 0 aliphatic carbocycles. The summed E-state index contributed by atoms with van der Waals surface area (Å²) in [6, 6.07) is 0. The van der Waals surface area contributed by atoms with E-state index in [2.05, 4.69) is 9.97 Å². The monoisotopic (exact) mass is 230 g/mol. The molecule has 0 aliphatic heterocycles. The van der Waals surface area contributed by atoms with Gasteiger partial charge in [0.25, 0.3) is 5.91 Å². The summed E-state index contributed by atoms with van der Waals surface area (Å²) < 4.78 is 37.9. The molecule has 16 heavy (non-hydrogen) atoms. The zero-order valence-electron chi connectivity index (χ0n) is 7.69. The van der Waals surface area contributed by atoms with Crippen molar-refractivity contribution in [3.63, 3.8) is 0 Å². The van der Waals surface area contributed by atoms with Crippen LogP contribution >= 0.6 is 0 Å². The van der Waals surface area contributed by atoms with Gasteiger partial charge in [0.2, 0.25) is 0 Å². The molecule has 2 aromatic rings. The number of aromatic nitrogens is 3. The van der Waals surface area contributed by atoms with Crippen molar-refractivity contribution in [1.29, 1.82) is 0 Å². The molecule has 1 amide bonds. The number of hydrogen-bond acceptors (Lipinski definition) is 3. The van der Waals surface area contributed by atoms with Gasteiger partial charge in [0.15, 0.2) is 11.3 Å². The van der Waals surface area contributed by atoms with Crippen LogP contribution in [0.4, 0.5) is 13.2 Å². The van der Waals surface area contributed by atoms with Crippen LogP contribution in [-0.2, 0) is 6.18 Å². The largest absolute Gasteiger partial charge is 0.434 e. The molecule has 0 aromatic carbocycles. The highest BCUT2D eigenvalue weighted by Gasteiger charge is 2.33. The molecule has 0 atom stereocenters. The molecule has 0 saturated carbocycles. The van der Waals surface area contributed by atoms with Crippen LogP contribution in [-0.4, -0.2) is 20.3 Å². The maximum atomic E-state index is 12.3. The first-order valence-corrected chi connectivity index (χ1v) is 4.09. The number of amides is 1. The van der Waals surface area contributed by atoms with Gasteiger partial charge in [0, 0.05) is 12.4 Å². The number of hydrogen-bond donors (Lipinski definition) is 1. The Morgan fingerprint density at radius 3 is 2.62 bits per heavy atom. The number of carbonyl (C=O) groups is 1. The molecule has 2 aromatic heterocycles.